The Labute approximate surface area is 167 Å². The lowest BCUT2D eigenvalue weighted by molar-refractivity contribution is -0.137. The van der Waals surface area contributed by atoms with Gasteiger partial charge < -0.3 is 10.1 Å². The van der Waals surface area contributed by atoms with Gasteiger partial charge >= 0.3 is 0 Å². The van der Waals surface area contributed by atoms with Crippen LogP contribution in [0.25, 0.3) is 5.57 Å². The largest absolute Gasteiger partial charge is 0.383 e. The fraction of sp³-hybridized carbons (Fsp3) is 0.200. The summed E-state index contributed by atoms with van der Waals surface area (Å²) in [5.74, 6) is -0.837. The van der Waals surface area contributed by atoms with E-state index < -0.39 is 11.8 Å². The van der Waals surface area contributed by atoms with Gasteiger partial charge in [0.15, 0.2) is 0 Å². The van der Waals surface area contributed by atoms with Gasteiger partial charge in [0.05, 0.1) is 23.7 Å². The number of hydrogen-bond donors (Lipinski definition) is 1. The van der Waals surface area contributed by atoms with Crippen molar-refractivity contribution in [3.8, 4) is 0 Å². The first-order chi connectivity index (χ1) is 12.9. The van der Waals surface area contributed by atoms with E-state index >= 15 is 0 Å². The number of imide groups is 1. The summed E-state index contributed by atoms with van der Waals surface area (Å²) in [6.45, 7) is 2.35. The number of nitrogens with one attached hydrogen (secondary N) is 1. The number of ether oxygens (including phenoxy) is 1. The smallest absolute Gasteiger partial charge is 0.278 e. The normalized spacial score (nSPS) is 14.3. The molecule has 0 atom stereocenters. The van der Waals surface area contributed by atoms with Crippen molar-refractivity contribution in [3.63, 3.8) is 0 Å². The first-order valence-electron chi connectivity index (χ1n) is 8.31. The van der Waals surface area contributed by atoms with Gasteiger partial charge in [-0.1, -0.05) is 41.4 Å². The Hall–Kier alpha value is -2.34. The average molecular weight is 405 g/mol. The fourth-order valence-electron chi connectivity index (χ4n) is 2.89. The quantitative estimate of drug-likeness (QED) is 0.734. The third kappa shape index (κ3) is 4.00. The van der Waals surface area contributed by atoms with Crippen molar-refractivity contribution < 1.29 is 14.3 Å². The molecule has 0 bridgehead atoms. The molecule has 1 heterocycles. The number of methoxy groups -OCH3 is 1. The minimum atomic E-state index is -0.420. The molecule has 0 radical (unpaired) electrons. The van der Waals surface area contributed by atoms with Gasteiger partial charge in [-0.15, -0.1) is 0 Å². The monoisotopic (exact) mass is 404 g/mol. The molecule has 1 aliphatic heterocycles. The minimum Gasteiger partial charge on any atom is -0.383 e. The molecule has 0 saturated heterocycles. The third-order valence-corrected chi connectivity index (χ3v) is 4.72. The van der Waals surface area contributed by atoms with E-state index in [-0.39, 0.29) is 24.4 Å². The van der Waals surface area contributed by atoms with Crippen molar-refractivity contribution in [2.45, 2.75) is 6.92 Å². The second-order valence-electron chi connectivity index (χ2n) is 6.12. The standard InChI is InChI=1S/C20H18Cl2N2O3/c1-12-4-3-5-14(10-12)23-18-17(15-7-6-13(21)11-16(15)22)19(25)24(20(18)26)8-9-27-2/h3-7,10-11,23H,8-9H2,1-2H3. The van der Waals surface area contributed by atoms with Crippen LogP contribution in [0.15, 0.2) is 48.2 Å². The number of rotatable bonds is 6. The van der Waals surface area contributed by atoms with Crippen molar-refractivity contribution in [2.75, 3.05) is 25.6 Å². The van der Waals surface area contributed by atoms with Gasteiger partial charge in [0.1, 0.15) is 5.70 Å². The minimum absolute atomic E-state index is 0.155. The predicted octanol–water partition coefficient (Wildman–Crippen LogP) is 4.14. The van der Waals surface area contributed by atoms with Crippen molar-refractivity contribution in [2.24, 2.45) is 0 Å². The molecule has 0 spiro atoms. The lowest BCUT2D eigenvalue weighted by Gasteiger charge is -2.14. The van der Waals surface area contributed by atoms with Gasteiger partial charge in [-0.3, -0.25) is 14.5 Å². The second kappa shape index (κ2) is 8.13. The van der Waals surface area contributed by atoms with Gasteiger partial charge in [0.25, 0.3) is 11.8 Å². The van der Waals surface area contributed by atoms with Crippen LogP contribution in [0.1, 0.15) is 11.1 Å². The summed E-state index contributed by atoms with van der Waals surface area (Å²) in [5.41, 5.74) is 2.60. The van der Waals surface area contributed by atoms with Crippen LogP contribution in [0.5, 0.6) is 0 Å². The number of aryl methyl sites for hydroxylation is 1. The van der Waals surface area contributed by atoms with Gasteiger partial charge in [-0.2, -0.15) is 0 Å². The molecule has 1 N–H and O–H groups in total. The van der Waals surface area contributed by atoms with Crippen LogP contribution >= 0.6 is 23.2 Å². The summed E-state index contributed by atoms with van der Waals surface area (Å²) < 4.78 is 5.02. The zero-order chi connectivity index (χ0) is 19.6. The number of halogens is 2. The maximum Gasteiger partial charge on any atom is 0.278 e. The Balaban J connectivity index is 2.09. The fourth-order valence-corrected chi connectivity index (χ4v) is 3.39. The van der Waals surface area contributed by atoms with Gasteiger partial charge in [-0.05, 0) is 36.8 Å². The highest BCUT2D eigenvalue weighted by atomic mass is 35.5. The van der Waals surface area contributed by atoms with E-state index in [1.165, 1.54) is 7.11 Å². The first-order valence-corrected chi connectivity index (χ1v) is 9.06. The number of nitrogens with zero attached hydrogens (tertiary/aromatic N) is 1. The number of benzene rings is 2. The second-order valence-corrected chi connectivity index (χ2v) is 6.97. The molecule has 0 unspecified atom stereocenters. The Kier molecular flexibility index (Phi) is 5.85. The van der Waals surface area contributed by atoms with Crippen LogP contribution in [-0.2, 0) is 14.3 Å². The summed E-state index contributed by atoms with van der Waals surface area (Å²) in [7, 11) is 1.52. The Morgan fingerprint density at radius 1 is 1.07 bits per heavy atom. The molecule has 0 fully saturated rings. The molecule has 2 aromatic rings. The maximum atomic E-state index is 13.0. The van der Waals surface area contributed by atoms with Gasteiger partial charge in [0.2, 0.25) is 0 Å². The molecule has 140 valence electrons. The van der Waals surface area contributed by atoms with E-state index in [9.17, 15) is 9.59 Å². The number of hydrogen-bond acceptors (Lipinski definition) is 4. The molecule has 2 aromatic carbocycles. The van der Waals surface area contributed by atoms with Crippen LogP contribution in [0, 0.1) is 6.92 Å². The molecule has 7 heteroatoms. The zero-order valence-electron chi connectivity index (χ0n) is 14.9. The highest BCUT2D eigenvalue weighted by Gasteiger charge is 2.39. The van der Waals surface area contributed by atoms with E-state index in [0.717, 1.165) is 10.5 Å². The maximum absolute atomic E-state index is 13.0. The summed E-state index contributed by atoms with van der Waals surface area (Å²) >= 11 is 12.3. The molecule has 0 aromatic heterocycles. The molecule has 27 heavy (non-hydrogen) atoms. The van der Waals surface area contributed by atoms with Crippen LogP contribution in [0.2, 0.25) is 10.0 Å². The Bertz CT molecular complexity index is 941. The Morgan fingerprint density at radius 2 is 1.85 bits per heavy atom. The van der Waals surface area contributed by atoms with E-state index in [0.29, 0.717) is 21.3 Å². The lowest BCUT2D eigenvalue weighted by atomic mass is 10.0. The highest BCUT2D eigenvalue weighted by molar-refractivity contribution is 6.41. The molecule has 2 amide bonds. The molecular weight excluding hydrogens is 387 g/mol. The van der Waals surface area contributed by atoms with E-state index in [1.54, 1.807) is 18.2 Å². The predicted molar refractivity (Wildman–Crippen MR) is 107 cm³/mol. The van der Waals surface area contributed by atoms with Crippen LogP contribution in [0.4, 0.5) is 5.69 Å². The van der Waals surface area contributed by atoms with Crippen molar-refractivity contribution in [1.29, 1.82) is 0 Å². The molecular formula is C20H18Cl2N2O3. The summed E-state index contributed by atoms with van der Waals surface area (Å²) in [4.78, 5) is 27.1. The summed E-state index contributed by atoms with van der Waals surface area (Å²) in [6.07, 6.45) is 0. The third-order valence-electron chi connectivity index (χ3n) is 4.17. The van der Waals surface area contributed by atoms with Crippen LogP contribution in [0.3, 0.4) is 0 Å². The molecule has 3 rings (SSSR count). The zero-order valence-corrected chi connectivity index (χ0v) is 16.4. The van der Waals surface area contributed by atoms with Crippen molar-refractivity contribution >= 4 is 46.3 Å². The van der Waals surface area contributed by atoms with E-state index in [2.05, 4.69) is 5.32 Å². The topological polar surface area (TPSA) is 58.6 Å². The van der Waals surface area contributed by atoms with Crippen molar-refractivity contribution in [1.82, 2.24) is 4.90 Å². The van der Waals surface area contributed by atoms with Crippen LogP contribution in [-0.4, -0.2) is 37.0 Å². The molecule has 0 aliphatic carbocycles. The number of anilines is 1. The highest BCUT2D eigenvalue weighted by Crippen LogP contribution is 2.35. The lowest BCUT2D eigenvalue weighted by Crippen LogP contribution is -2.35. The van der Waals surface area contributed by atoms with E-state index in [4.69, 9.17) is 27.9 Å². The molecule has 5 nitrogen and oxygen atoms in total. The number of amides is 2. The number of carbonyl (C=O) groups excluding carboxylic acids is 2. The SMILES string of the molecule is COCCN1C(=O)C(Nc2cccc(C)c2)=C(c2ccc(Cl)cc2Cl)C1=O. The molecule has 0 saturated carbocycles. The van der Waals surface area contributed by atoms with Crippen LogP contribution < -0.4 is 5.32 Å². The van der Waals surface area contributed by atoms with E-state index in [1.807, 2.05) is 31.2 Å². The first kappa shape index (κ1) is 19.4. The average Bonchev–Trinajstić information content (AvgIpc) is 2.84. The Morgan fingerprint density at radius 3 is 2.52 bits per heavy atom. The number of carbonyl (C=O) groups is 2. The molecule has 1 aliphatic rings. The summed E-state index contributed by atoms with van der Waals surface area (Å²) in [5, 5.41) is 3.85. The summed E-state index contributed by atoms with van der Waals surface area (Å²) in [6, 6.07) is 12.4. The van der Waals surface area contributed by atoms with Gasteiger partial charge in [-0.25, -0.2) is 0 Å². The van der Waals surface area contributed by atoms with Gasteiger partial charge in [0, 0.05) is 23.4 Å². The van der Waals surface area contributed by atoms with Crippen molar-refractivity contribution in [3.05, 3.63) is 69.3 Å².